The topological polar surface area (TPSA) is 20.2 Å². The first kappa shape index (κ1) is 7.89. The number of hydrogen-bond donors (Lipinski definition) is 1. The summed E-state index contributed by atoms with van der Waals surface area (Å²) in [5.74, 6) is 0. The van der Waals surface area contributed by atoms with Crippen molar-refractivity contribution in [2.45, 2.75) is 32.4 Å². The van der Waals surface area contributed by atoms with E-state index < -0.39 is 6.17 Å². The van der Waals surface area contributed by atoms with Crippen LogP contribution in [0, 0.1) is 0 Å². The normalized spacial score (nSPS) is 13.9. The van der Waals surface area contributed by atoms with Gasteiger partial charge in [-0.05, 0) is 6.42 Å². The fourth-order valence-electron chi connectivity index (χ4n) is 0.598. The van der Waals surface area contributed by atoms with Crippen molar-refractivity contribution in [1.82, 2.24) is 0 Å². The largest absolute Gasteiger partial charge is 0.396 e. The Morgan fingerprint density at radius 1 is 1.50 bits per heavy atom. The first-order valence-corrected chi connectivity index (χ1v) is 3.06. The zero-order valence-electron chi connectivity index (χ0n) is 5.23. The van der Waals surface area contributed by atoms with E-state index in [9.17, 15) is 4.39 Å². The lowest BCUT2D eigenvalue weighted by molar-refractivity contribution is 0.212. The van der Waals surface area contributed by atoms with Gasteiger partial charge in [-0.15, -0.1) is 0 Å². The van der Waals surface area contributed by atoms with E-state index in [2.05, 4.69) is 0 Å². The van der Waals surface area contributed by atoms with Crippen LogP contribution >= 0.6 is 0 Å². The second-order valence-electron chi connectivity index (χ2n) is 1.90. The third-order valence-corrected chi connectivity index (χ3v) is 1.04. The molecule has 0 aromatic rings. The van der Waals surface area contributed by atoms with Gasteiger partial charge in [-0.3, -0.25) is 0 Å². The molecule has 0 rings (SSSR count). The third kappa shape index (κ3) is 4.06. The molecule has 0 heterocycles. The van der Waals surface area contributed by atoms with Crippen LogP contribution in [0.3, 0.4) is 0 Å². The molecule has 1 nitrogen and oxygen atoms in total. The third-order valence-electron chi connectivity index (χ3n) is 1.04. The van der Waals surface area contributed by atoms with Gasteiger partial charge in [-0.1, -0.05) is 13.3 Å². The van der Waals surface area contributed by atoms with Gasteiger partial charge >= 0.3 is 0 Å². The highest BCUT2D eigenvalue weighted by atomic mass is 19.1. The van der Waals surface area contributed by atoms with Gasteiger partial charge in [-0.2, -0.15) is 0 Å². The molecule has 0 aromatic heterocycles. The fraction of sp³-hybridized carbons (Fsp3) is 1.00. The molecule has 2 heteroatoms. The van der Waals surface area contributed by atoms with Crippen LogP contribution in [0.15, 0.2) is 0 Å². The van der Waals surface area contributed by atoms with Crippen LogP contribution in [0.2, 0.25) is 0 Å². The smallest absolute Gasteiger partial charge is 0.102 e. The maximum Gasteiger partial charge on any atom is 0.102 e. The number of aliphatic hydroxyl groups excluding tert-OH is 1. The van der Waals surface area contributed by atoms with Crippen molar-refractivity contribution < 1.29 is 9.50 Å². The van der Waals surface area contributed by atoms with Gasteiger partial charge in [0, 0.05) is 13.0 Å². The van der Waals surface area contributed by atoms with Crippen molar-refractivity contribution >= 4 is 0 Å². The second-order valence-corrected chi connectivity index (χ2v) is 1.90. The lowest BCUT2D eigenvalue weighted by atomic mass is 10.2. The lowest BCUT2D eigenvalue weighted by Gasteiger charge is -2.01. The zero-order chi connectivity index (χ0) is 6.41. The molecular weight excluding hydrogens is 107 g/mol. The molecule has 0 saturated heterocycles. The van der Waals surface area contributed by atoms with Crippen molar-refractivity contribution in [3.05, 3.63) is 0 Å². The average molecular weight is 120 g/mol. The van der Waals surface area contributed by atoms with Crippen LogP contribution in [0.25, 0.3) is 0 Å². The molecular formula is C6H13FO. The van der Waals surface area contributed by atoms with Crippen molar-refractivity contribution in [2.24, 2.45) is 0 Å². The number of rotatable bonds is 4. The van der Waals surface area contributed by atoms with Crippen molar-refractivity contribution in [3.63, 3.8) is 0 Å². The number of halogens is 1. The summed E-state index contributed by atoms with van der Waals surface area (Å²) >= 11 is 0. The van der Waals surface area contributed by atoms with Gasteiger partial charge in [-0.25, -0.2) is 4.39 Å². The molecule has 0 saturated carbocycles. The van der Waals surface area contributed by atoms with Crippen LogP contribution in [0.5, 0.6) is 0 Å². The van der Waals surface area contributed by atoms with Gasteiger partial charge in [0.2, 0.25) is 0 Å². The minimum absolute atomic E-state index is 0.0266. The monoisotopic (exact) mass is 120 g/mol. The average Bonchev–Trinajstić information content (AvgIpc) is 1.68. The minimum Gasteiger partial charge on any atom is -0.396 e. The Balaban J connectivity index is 2.92. The standard InChI is InChI=1S/C6H13FO/c1-2-3-6(7)4-5-8/h6,8H,2-5H2,1H3/t6-/m1/s1. The quantitative estimate of drug-likeness (QED) is 0.596. The zero-order valence-corrected chi connectivity index (χ0v) is 5.23. The van der Waals surface area contributed by atoms with Gasteiger partial charge < -0.3 is 5.11 Å². The molecule has 0 bridgehead atoms. The fourth-order valence-corrected chi connectivity index (χ4v) is 0.598. The van der Waals surface area contributed by atoms with E-state index in [0.717, 1.165) is 6.42 Å². The molecule has 0 radical (unpaired) electrons. The van der Waals surface area contributed by atoms with Crippen molar-refractivity contribution in [3.8, 4) is 0 Å². The Bertz CT molecular complexity index is 41.8. The summed E-state index contributed by atoms with van der Waals surface area (Å²) in [6, 6.07) is 0. The van der Waals surface area contributed by atoms with E-state index in [4.69, 9.17) is 5.11 Å². The van der Waals surface area contributed by atoms with E-state index >= 15 is 0 Å². The molecule has 0 aliphatic heterocycles. The predicted octanol–water partition coefficient (Wildman–Crippen LogP) is 1.51. The van der Waals surface area contributed by atoms with E-state index in [0.29, 0.717) is 12.8 Å². The summed E-state index contributed by atoms with van der Waals surface area (Å²) in [6.07, 6.45) is 0.959. The predicted molar refractivity (Wildman–Crippen MR) is 31.5 cm³/mol. The van der Waals surface area contributed by atoms with Gasteiger partial charge in [0.15, 0.2) is 0 Å². The van der Waals surface area contributed by atoms with Crippen LogP contribution in [-0.2, 0) is 0 Å². The van der Waals surface area contributed by atoms with E-state index in [1.807, 2.05) is 6.92 Å². The summed E-state index contributed by atoms with van der Waals surface area (Å²) in [4.78, 5) is 0. The summed E-state index contributed by atoms with van der Waals surface area (Å²) in [7, 11) is 0. The van der Waals surface area contributed by atoms with Gasteiger partial charge in [0.05, 0.1) is 0 Å². The van der Waals surface area contributed by atoms with Crippen LogP contribution in [0.1, 0.15) is 26.2 Å². The molecule has 0 unspecified atom stereocenters. The highest BCUT2D eigenvalue weighted by Gasteiger charge is 2.01. The van der Waals surface area contributed by atoms with E-state index in [1.165, 1.54) is 0 Å². The molecule has 1 N–H and O–H groups in total. The molecule has 50 valence electrons. The molecule has 0 aromatic carbocycles. The van der Waals surface area contributed by atoms with E-state index in [-0.39, 0.29) is 6.61 Å². The second kappa shape index (κ2) is 5.04. The highest BCUT2D eigenvalue weighted by molar-refractivity contribution is 4.52. The number of aliphatic hydroxyl groups is 1. The molecule has 1 atom stereocenters. The molecule has 0 fully saturated rings. The van der Waals surface area contributed by atoms with Crippen molar-refractivity contribution in [1.29, 1.82) is 0 Å². The maximum absolute atomic E-state index is 12.2. The molecule has 0 spiro atoms. The van der Waals surface area contributed by atoms with Crippen molar-refractivity contribution in [2.75, 3.05) is 6.61 Å². The Hall–Kier alpha value is -0.110. The molecule has 0 aliphatic carbocycles. The van der Waals surface area contributed by atoms with Gasteiger partial charge in [0.25, 0.3) is 0 Å². The Kier molecular flexibility index (Phi) is 4.97. The minimum atomic E-state index is -0.787. The first-order valence-electron chi connectivity index (χ1n) is 3.06. The van der Waals surface area contributed by atoms with E-state index in [1.54, 1.807) is 0 Å². The summed E-state index contributed by atoms with van der Waals surface area (Å²) in [6.45, 7) is 1.91. The molecule has 8 heavy (non-hydrogen) atoms. The van der Waals surface area contributed by atoms with Gasteiger partial charge in [0.1, 0.15) is 6.17 Å². The SMILES string of the molecule is CCC[C@@H](F)CCO. The summed E-state index contributed by atoms with van der Waals surface area (Å²) in [5, 5.41) is 8.22. The summed E-state index contributed by atoms with van der Waals surface area (Å²) < 4.78 is 12.2. The lowest BCUT2D eigenvalue weighted by Crippen LogP contribution is -2.01. The Labute approximate surface area is 49.5 Å². The molecule has 0 amide bonds. The highest BCUT2D eigenvalue weighted by Crippen LogP contribution is 2.04. The van der Waals surface area contributed by atoms with Crippen LogP contribution in [0.4, 0.5) is 4.39 Å². The number of alkyl halides is 1. The summed E-state index contributed by atoms with van der Waals surface area (Å²) in [5.41, 5.74) is 0. The Morgan fingerprint density at radius 3 is 2.50 bits per heavy atom. The Morgan fingerprint density at radius 2 is 2.12 bits per heavy atom. The number of hydrogen-bond acceptors (Lipinski definition) is 1. The van der Waals surface area contributed by atoms with Crippen LogP contribution in [-0.4, -0.2) is 17.9 Å². The maximum atomic E-state index is 12.2. The van der Waals surface area contributed by atoms with Crippen LogP contribution < -0.4 is 0 Å². The molecule has 0 aliphatic rings. The first-order chi connectivity index (χ1) is 3.81.